The molecule has 0 aliphatic carbocycles. The number of rotatable bonds is 3. The third-order valence-corrected chi connectivity index (χ3v) is 5.84. The highest BCUT2D eigenvalue weighted by molar-refractivity contribution is 5.61. The first-order chi connectivity index (χ1) is 15.8. The summed E-state index contributed by atoms with van der Waals surface area (Å²) in [6, 6.07) is 8.08. The second-order valence-electron chi connectivity index (χ2n) is 7.98. The average Bonchev–Trinajstić information content (AvgIpc) is 3.13. The molecule has 2 atom stereocenters. The maximum Gasteiger partial charge on any atom is 0.285 e. The van der Waals surface area contributed by atoms with Crippen molar-refractivity contribution < 1.29 is 8.78 Å². The van der Waals surface area contributed by atoms with Crippen molar-refractivity contribution in [1.82, 2.24) is 24.1 Å². The minimum absolute atomic E-state index is 0.00416. The van der Waals surface area contributed by atoms with Gasteiger partial charge in [0.2, 0.25) is 5.95 Å². The largest absolute Gasteiger partial charge is 0.368 e. The number of nitrogens with zero attached hydrogens (tertiary/aromatic N) is 7. The van der Waals surface area contributed by atoms with Crippen molar-refractivity contribution in [2.24, 2.45) is 5.92 Å². The van der Waals surface area contributed by atoms with Gasteiger partial charge in [-0.1, -0.05) is 6.92 Å². The number of aryl methyl sites for hydroxylation is 1. The Labute approximate surface area is 186 Å². The summed E-state index contributed by atoms with van der Waals surface area (Å²) < 4.78 is 30.4. The topological polar surface area (TPSA) is 118 Å². The zero-order valence-electron chi connectivity index (χ0n) is 17.7. The summed E-state index contributed by atoms with van der Waals surface area (Å²) in [5.74, 6) is -0.521. The van der Waals surface area contributed by atoms with Crippen LogP contribution in [0.4, 0.5) is 20.5 Å². The third kappa shape index (κ3) is 3.10. The second-order valence-corrected chi connectivity index (χ2v) is 7.98. The Morgan fingerprint density at radius 2 is 1.91 bits per heavy atom. The molecule has 4 aromatic rings. The van der Waals surface area contributed by atoms with Crippen LogP contribution in [0.1, 0.15) is 30.0 Å². The van der Waals surface area contributed by atoms with Crippen molar-refractivity contribution in [2.45, 2.75) is 19.9 Å². The van der Waals surface area contributed by atoms with E-state index in [9.17, 15) is 18.8 Å². The van der Waals surface area contributed by atoms with E-state index in [0.29, 0.717) is 29.6 Å². The Bertz CT molecular complexity index is 1500. The first-order valence-corrected chi connectivity index (χ1v) is 10.2. The van der Waals surface area contributed by atoms with E-state index >= 15 is 0 Å². The van der Waals surface area contributed by atoms with Crippen LogP contribution in [0.25, 0.3) is 11.2 Å². The molecule has 9 nitrogen and oxygen atoms in total. The Balaban J connectivity index is 1.76. The summed E-state index contributed by atoms with van der Waals surface area (Å²) in [6.45, 7) is 4.15. The number of nitriles is 1. The summed E-state index contributed by atoms with van der Waals surface area (Å²) in [5.41, 5.74) is 6.03. The van der Waals surface area contributed by atoms with Crippen molar-refractivity contribution in [3.63, 3.8) is 0 Å². The first kappa shape index (κ1) is 20.6. The number of hydrogen-bond donors (Lipinski definition) is 1. The van der Waals surface area contributed by atoms with Gasteiger partial charge < -0.3 is 10.6 Å². The quantitative estimate of drug-likeness (QED) is 0.512. The molecule has 0 saturated carbocycles. The predicted octanol–water partition coefficient (Wildman–Crippen LogP) is 2.51. The summed E-state index contributed by atoms with van der Waals surface area (Å²) >= 11 is 0. The van der Waals surface area contributed by atoms with Crippen molar-refractivity contribution >= 4 is 17.3 Å². The number of nitrogens with two attached hydrogens (primary N) is 1. The lowest BCUT2D eigenvalue weighted by Crippen LogP contribution is -2.52. The molecule has 4 heterocycles. The van der Waals surface area contributed by atoms with Gasteiger partial charge >= 0.3 is 0 Å². The molecule has 33 heavy (non-hydrogen) atoms. The van der Waals surface area contributed by atoms with Crippen LogP contribution in [0.15, 0.2) is 41.3 Å². The molecule has 1 aromatic carbocycles. The molecule has 5 rings (SSSR count). The molecule has 0 radical (unpaired) electrons. The molecule has 166 valence electrons. The van der Waals surface area contributed by atoms with Gasteiger partial charge in [-0.25, -0.2) is 18.3 Å². The molecule has 1 fully saturated rings. The zero-order chi connectivity index (χ0) is 23.4. The van der Waals surface area contributed by atoms with Gasteiger partial charge in [-0.3, -0.25) is 9.36 Å². The van der Waals surface area contributed by atoms with Gasteiger partial charge in [-0.15, -0.1) is 0 Å². The van der Waals surface area contributed by atoms with E-state index in [4.69, 9.17) is 5.73 Å². The highest BCUT2D eigenvalue weighted by atomic mass is 19.1. The fourth-order valence-electron chi connectivity index (χ4n) is 4.30. The summed E-state index contributed by atoms with van der Waals surface area (Å²) in [5, 5.41) is 14.2. The van der Waals surface area contributed by atoms with Crippen LogP contribution in [0.5, 0.6) is 0 Å². The molecular formula is C22H18F2N8O. The SMILES string of the molecule is Cc1nc(N)nc(N2C[C@H](C)[C@H]2c2nn3ccc(F)c3c(=O)n2-c2ccc(F)cc2)c1C#N. The van der Waals surface area contributed by atoms with E-state index in [0.717, 1.165) is 6.07 Å². The van der Waals surface area contributed by atoms with E-state index in [1.807, 2.05) is 11.8 Å². The number of benzene rings is 1. The monoisotopic (exact) mass is 448 g/mol. The lowest BCUT2D eigenvalue weighted by Gasteiger charge is -2.47. The Hall–Kier alpha value is -4.33. The Kier molecular flexibility index (Phi) is 4.59. The molecule has 0 spiro atoms. The first-order valence-electron chi connectivity index (χ1n) is 10.2. The van der Waals surface area contributed by atoms with Crippen molar-refractivity contribution in [2.75, 3.05) is 17.2 Å². The highest BCUT2D eigenvalue weighted by Gasteiger charge is 2.43. The molecule has 2 N–H and O–H groups in total. The van der Waals surface area contributed by atoms with Crippen LogP contribution in [0, 0.1) is 35.8 Å². The standard InChI is InChI=1S/C22H18F2N8O/c1-11-10-30(19-15(9-25)12(2)27-22(26)28-19)17(11)20-29-31-8-7-16(24)18(31)21(33)32(20)14-5-3-13(23)4-6-14/h3-8,11,17H,10H2,1-2H3,(H2,26,27,28)/t11-,17-/m0/s1. The molecule has 1 aliphatic heterocycles. The highest BCUT2D eigenvalue weighted by Crippen LogP contribution is 2.42. The lowest BCUT2D eigenvalue weighted by molar-refractivity contribution is 0.300. The molecule has 1 saturated heterocycles. The van der Waals surface area contributed by atoms with Crippen LogP contribution in [-0.4, -0.2) is 30.7 Å². The van der Waals surface area contributed by atoms with Gasteiger partial charge in [0.15, 0.2) is 23.0 Å². The Morgan fingerprint density at radius 3 is 2.58 bits per heavy atom. The van der Waals surface area contributed by atoms with E-state index < -0.39 is 23.2 Å². The van der Waals surface area contributed by atoms with Gasteiger partial charge in [0.25, 0.3) is 5.56 Å². The van der Waals surface area contributed by atoms with Crippen LogP contribution in [0.3, 0.4) is 0 Å². The normalized spacial score (nSPS) is 17.7. The van der Waals surface area contributed by atoms with Crippen molar-refractivity contribution in [3.8, 4) is 11.8 Å². The number of anilines is 2. The number of fused-ring (bicyclic) bond motifs is 1. The Morgan fingerprint density at radius 1 is 1.18 bits per heavy atom. The average molecular weight is 448 g/mol. The molecule has 3 aromatic heterocycles. The van der Waals surface area contributed by atoms with Gasteiger partial charge in [-0.05, 0) is 37.3 Å². The molecule has 0 amide bonds. The maximum absolute atomic E-state index is 14.4. The summed E-state index contributed by atoms with van der Waals surface area (Å²) in [6.07, 6.45) is 1.37. The number of hydrogen-bond acceptors (Lipinski definition) is 7. The summed E-state index contributed by atoms with van der Waals surface area (Å²) in [7, 11) is 0. The van der Waals surface area contributed by atoms with E-state index in [2.05, 4.69) is 21.1 Å². The van der Waals surface area contributed by atoms with E-state index in [1.54, 1.807) is 6.92 Å². The lowest BCUT2D eigenvalue weighted by atomic mass is 9.88. The molecule has 0 bridgehead atoms. The zero-order valence-corrected chi connectivity index (χ0v) is 17.7. The van der Waals surface area contributed by atoms with E-state index in [-0.39, 0.29) is 22.9 Å². The van der Waals surface area contributed by atoms with Gasteiger partial charge in [-0.2, -0.15) is 15.3 Å². The molecule has 11 heteroatoms. The predicted molar refractivity (Wildman–Crippen MR) is 116 cm³/mol. The van der Waals surface area contributed by atoms with Crippen LogP contribution in [-0.2, 0) is 0 Å². The maximum atomic E-state index is 14.4. The van der Waals surface area contributed by atoms with Gasteiger partial charge in [0.1, 0.15) is 17.4 Å². The molecule has 1 aliphatic rings. The number of halogens is 2. The van der Waals surface area contributed by atoms with E-state index in [1.165, 1.54) is 39.5 Å². The molecular weight excluding hydrogens is 430 g/mol. The van der Waals surface area contributed by atoms with Gasteiger partial charge in [0, 0.05) is 18.7 Å². The number of aromatic nitrogens is 5. The fraction of sp³-hybridized carbons (Fsp3) is 0.227. The fourth-order valence-corrected chi connectivity index (χ4v) is 4.30. The smallest absolute Gasteiger partial charge is 0.285 e. The second kappa shape index (κ2) is 7.37. The molecule has 0 unspecified atom stereocenters. The number of nitrogen functional groups attached to an aromatic ring is 1. The van der Waals surface area contributed by atoms with Crippen LogP contribution in [0.2, 0.25) is 0 Å². The summed E-state index contributed by atoms with van der Waals surface area (Å²) in [4.78, 5) is 23.6. The third-order valence-electron chi connectivity index (χ3n) is 5.84. The minimum Gasteiger partial charge on any atom is -0.368 e. The van der Waals surface area contributed by atoms with Gasteiger partial charge in [0.05, 0.1) is 17.4 Å². The van der Waals surface area contributed by atoms with Crippen LogP contribution < -0.4 is 16.2 Å². The minimum atomic E-state index is -0.709. The van der Waals surface area contributed by atoms with Crippen molar-refractivity contribution in [1.29, 1.82) is 5.26 Å². The van der Waals surface area contributed by atoms with Crippen LogP contribution >= 0.6 is 0 Å². The van der Waals surface area contributed by atoms with Crippen molar-refractivity contribution in [3.05, 3.63) is 75.6 Å².